The molecule has 102 valence electrons. The van der Waals surface area contributed by atoms with Crippen LogP contribution in [0.4, 0.5) is 0 Å². The first-order chi connectivity index (χ1) is 7.97. The predicted octanol–water partition coefficient (Wildman–Crippen LogP) is 1.55. The van der Waals surface area contributed by atoms with Crippen LogP contribution in [0.5, 0.6) is 0 Å². The Bertz CT molecular complexity index is 224. The molecule has 0 aliphatic rings. The van der Waals surface area contributed by atoms with Crippen molar-refractivity contribution in [1.82, 2.24) is 5.32 Å². The number of methoxy groups -OCH3 is 1. The van der Waals surface area contributed by atoms with Crippen LogP contribution in [0.15, 0.2) is 5.16 Å². The van der Waals surface area contributed by atoms with Crippen LogP contribution in [0.2, 0.25) is 0 Å². The number of hydrogen-bond donors (Lipinski definition) is 3. The van der Waals surface area contributed by atoms with E-state index in [2.05, 4.69) is 17.4 Å². The van der Waals surface area contributed by atoms with E-state index in [-0.39, 0.29) is 11.3 Å². The van der Waals surface area contributed by atoms with Crippen molar-refractivity contribution < 1.29 is 9.94 Å². The van der Waals surface area contributed by atoms with Gasteiger partial charge in [-0.1, -0.05) is 32.3 Å². The van der Waals surface area contributed by atoms with Gasteiger partial charge in [0.15, 0.2) is 0 Å². The summed E-state index contributed by atoms with van der Waals surface area (Å²) in [5.41, 5.74) is 5.35. The summed E-state index contributed by atoms with van der Waals surface area (Å²) in [4.78, 5) is 0. The van der Waals surface area contributed by atoms with Gasteiger partial charge in [-0.3, -0.25) is 0 Å². The second-order valence-corrected chi connectivity index (χ2v) is 5.01. The lowest BCUT2D eigenvalue weighted by molar-refractivity contribution is 0.160. The Labute approximate surface area is 104 Å². The second-order valence-electron chi connectivity index (χ2n) is 5.01. The molecule has 0 saturated heterocycles. The van der Waals surface area contributed by atoms with Crippen molar-refractivity contribution in [1.29, 1.82) is 0 Å². The molecule has 0 aliphatic heterocycles. The van der Waals surface area contributed by atoms with E-state index in [1.807, 2.05) is 13.8 Å². The first-order valence-corrected chi connectivity index (χ1v) is 6.18. The van der Waals surface area contributed by atoms with Gasteiger partial charge in [-0.2, -0.15) is 0 Å². The number of nitrogens with zero attached hydrogens (tertiary/aromatic N) is 1. The number of oxime groups is 1. The van der Waals surface area contributed by atoms with Gasteiger partial charge in [-0.15, -0.1) is 0 Å². The summed E-state index contributed by atoms with van der Waals surface area (Å²) in [6.07, 6.45) is 3.05. The van der Waals surface area contributed by atoms with Crippen molar-refractivity contribution >= 4 is 5.84 Å². The maximum atomic E-state index is 8.67. The second kappa shape index (κ2) is 8.31. The molecule has 0 rings (SSSR count). The number of amidine groups is 1. The molecule has 5 nitrogen and oxygen atoms in total. The molecule has 0 radical (unpaired) electrons. The zero-order valence-electron chi connectivity index (χ0n) is 11.5. The predicted molar refractivity (Wildman–Crippen MR) is 70.4 cm³/mol. The summed E-state index contributed by atoms with van der Waals surface area (Å²) >= 11 is 0. The van der Waals surface area contributed by atoms with Gasteiger partial charge in [0, 0.05) is 18.6 Å². The van der Waals surface area contributed by atoms with Crippen LogP contribution < -0.4 is 11.1 Å². The largest absolute Gasteiger partial charge is 0.409 e. The Kier molecular flexibility index (Phi) is 7.91. The summed E-state index contributed by atoms with van der Waals surface area (Å²) < 4.78 is 5.16. The first-order valence-electron chi connectivity index (χ1n) is 6.18. The molecule has 1 atom stereocenters. The molecule has 0 aliphatic carbocycles. The number of rotatable bonds is 9. The number of nitrogens with two attached hydrogens (primary N) is 1. The molecule has 0 aromatic carbocycles. The lowest BCUT2D eigenvalue weighted by Crippen LogP contribution is -2.39. The Morgan fingerprint density at radius 1 is 1.53 bits per heavy atom. The standard InChI is InChI=1S/C12H27N3O2/c1-5-6-10(9-17-4)14-8-7-12(2,3)11(13)15-16/h10,14,16H,5-9H2,1-4H3,(H2,13,15). The van der Waals surface area contributed by atoms with Gasteiger partial charge >= 0.3 is 0 Å². The molecule has 0 saturated carbocycles. The van der Waals surface area contributed by atoms with Gasteiger partial charge in [0.2, 0.25) is 0 Å². The minimum atomic E-state index is -0.286. The molecule has 0 bridgehead atoms. The Morgan fingerprint density at radius 3 is 2.65 bits per heavy atom. The third-order valence-corrected chi connectivity index (χ3v) is 2.99. The van der Waals surface area contributed by atoms with E-state index in [1.54, 1.807) is 7.11 Å². The van der Waals surface area contributed by atoms with Crippen molar-refractivity contribution in [2.45, 2.75) is 46.1 Å². The summed E-state index contributed by atoms with van der Waals surface area (Å²) in [7, 11) is 1.71. The zero-order valence-corrected chi connectivity index (χ0v) is 11.5. The van der Waals surface area contributed by atoms with Crippen LogP contribution in [0.25, 0.3) is 0 Å². The summed E-state index contributed by atoms with van der Waals surface area (Å²) in [6, 6.07) is 0.382. The summed E-state index contributed by atoms with van der Waals surface area (Å²) in [5, 5.41) is 15.2. The Hall–Kier alpha value is -0.810. The van der Waals surface area contributed by atoms with E-state index in [4.69, 9.17) is 15.7 Å². The normalized spacial score (nSPS) is 14.9. The molecular weight excluding hydrogens is 218 g/mol. The lowest BCUT2D eigenvalue weighted by Gasteiger charge is -2.25. The van der Waals surface area contributed by atoms with E-state index in [1.165, 1.54) is 0 Å². The van der Waals surface area contributed by atoms with E-state index in [0.717, 1.165) is 32.4 Å². The van der Waals surface area contributed by atoms with E-state index >= 15 is 0 Å². The molecule has 0 amide bonds. The van der Waals surface area contributed by atoms with Crippen molar-refractivity contribution in [3.05, 3.63) is 0 Å². The first kappa shape index (κ1) is 16.2. The van der Waals surface area contributed by atoms with Gasteiger partial charge in [0.1, 0.15) is 5.84 Å². The van der Waals surface area contributed by atoms with Crippen LogP contribution in [-0.2, 0) is 4.74 Å². The number of ether oxygens (including phenoxy) is 1. The van der Waals surface area contributed by atoms with Gasteiger partial charge in [0.05, 0.1) is 6.61 Å². The van der Waals surface area contributed by atoms with Crippen LogP contribution in [-0.4, -0.2) is 37.3 Å². The van der Waals surface area contributed by atoms with Gasteiger partial charge in [0.25, 0.3) is 0 Å². The third-order valence-electron chi connectivity index (χ3n) is 2.99. The molecule has 0 fully saturated rings. The fraction of sp³-hybridized carbons (Fsp3) is 0.917. The van der Waals surface area contributed by atoms with Gasteiger partial charge in [-0.05, 0) is 19.4 Å². The Balaban J connectivity index is 4.02. The smallest absolute Gasteiger partial charge is 0.144 e. The van der Waals surface area contributed by atoms with Crippen molar-refractivity contribution in [2.75, 3.05) is 20.3 Å². The third kappa shape index (κ3) is 6.48. The van der Waals surface area contributed by atoms with Crippen molar-refractivity contribution in [2.24, 2.45) is 16.3 Å². The maximum absolute atomic E-state index is 8.67. The monoisotopic (exact) mass is 245 g/mol. The van der Waals surface area contributed by atoms with Crippen LogP contribution in [0, 0.1) is 5.41 Å². The number of hydrogen-bond acceptors (Lipinski definition) is 4. The summed E-state index contributed by atoms with van der Waals surface area (Å²) in [5.74, 6) is 0.276. The molecule has 0 spiro atoms. The van der Waals surface area contributed by atoms with Crippen LogP contribution in [0.1, 0.15) is 40.0 Å². The molecule has 0 aromatic rings. The van der Waals surface area contributed by atoms with Crippen LogP contribution >= 0.6 is 0 Å². The fourth-order valence-electron chi connectivity index (χ4n) is 1.65. The van der Waals surface area contributed by atoms with E-state index in [0.29, 0.717) is 6.04 Å². The van der Waals surface area contributed by atoms with E-state index in [9.17, 15) is 0 Å². The van der Waals surface area contributed by atoms with Gasteiger partial charge < -0.3 is 21.0 Å². The minimum absolute atomic E-state index is 0.276. The van der Waals surface area contributed by atoms with E-state index < -0.39 is 0 Å². The highest BCUT2D eigenvalue weighted by atomic mass is 16.5. The lowest BCUT2D eigenvalue weighted by atomic mass is 9.88. The number of nitrogens with one attached hydrogen (secondary N) is 1. The summed E-state index contributed by atoms with van der Waals surface area (Å²) in [6.45, 7) is 7.64. The minimum Gasteiger partial charge on any atom is -0.409 e. The van der Waals surface area contributed by atoms with Crippen LogP contribution in [0.3, 0.4) is 0 Å². The van der Waals surface area contributed by atoms with Crippen molar-refractivity contribution in [3.63, 3.8) is 0 Å². The molecule has 1 unspecified atom stereocenters. The van der Waals surface area contributed by atoms with Gasteiger partial charge in [-0.25, -0.2) is 0 Å². The molecule has 0 aromatic heterocycles. The molecule has 4 N–H and O–H groups in total. The molecule has 5 heteroatoms. The highest BCUT2D eigenvalue weighted by Gasteiger charge is 2.23. The van der Waals surface area contributed by atoms with Crippen molar-refractivity contribution in [3.8, 4) is 0 Å². The highest BCUT2D eigenvalue weighted by molar-refractivity contribution is 5.85. The SMILES string of the molecule is CCCC(COC)NCCC(C)(C)C(N)=NO. The fourth-order valence-corrected chi connectivity index (χ4v) is 1.65. The zero-order chi connectivity index (χ0) is 13.3. The molecular formula is C12H27N3O2. The highest BCUT2D eigenvalue weighted by Crippen LogP contribution is 2.19. The molecule has 0 heterocycles. The average molecular weight is 245 g/mol. The molecule has 17 heavy (non-hydrogen) atoms. The topological polar surface area (TPSA) is 79.9 Å². The maximum Gasteiger partial charge on any atom is 0.144 e. The quantitative estimate of drug-likeness (QED) is 0.249. The Morgan fingerprint density at radius 2 is 2.18 bits per heavy atom. The average Bonchev–Trinajstić information content (AvgIpc) is 2.28.